The number of nitrogens with two attached hydrogens (primary N) is 1. The highest BCUT2D eigenvalue weighted by Crippen LogP contribution is 2.24. The molecule has 6 N–H and O–H groups in total. The Morgan fingerprint density at radius 3 is 2.41 bits per heavy atom. The first-order valence-corrected chi connectivity index (χ1v) is 7.73. The molecule has 124 valence electrons. The molecule has 0 aromatic heterocycles. The lowest BCUT2D eigenvalue weighted by atomic mass is 10.0. The Morgan fingerprint density at radius 2 is 1.91 bits per heavy atom. The number of carbonyl (C=O) groups is 1. The number of hydrogen-bond acceptors (Lipinski definition) is 5. The molecule has 0 heterocycles. The predicted molar refractivity (Wildman–Crippen MR) is 81.7 cm³/mol. The number of phenolic OH excluding ortho intramolecular Hbond substituents is 1. The molecule has 0 aliphatic rings. The minimum absolute atomic E-state index is 0.0223. The van der Waals surface area contributed by atoms with Gasteiger partial charge in [0.1, 0.15) is 5.75 Å². The Hall–Kier alpha value is -1.94. The van der Waals surface area contributed by atoms with E-state index in [4.69, 9.17) is 23.4 Å². The molecule has 8 nitrogen and oxygen atoms in total. The summed E-state index contributed by atoms with van der Waals surface area (Å²) >= 11 is 0. The number of unbranched alkanes of at least 4 members (excludes halogenated alkanes) is 2. The average molecular weight is 332 g/mol. The van der Waals surface area contributed by atoms with Gasteiger partial charge in [-0.15, -0.1) is 6.58 Å². The van der Waals surface area contributed by atoms with Crippen LogP contribution in [-0.2, 0) is 16.8 Å². The van der Waals surface area contributed by atoms with Crippen molar-refractivity contribution in [1.82, 2.24) is 5.43 Å². The zero-order valence-corrected chi connectivity index (χ0v) is 12.7. The monoisotopic (exact) mass is 332 g/mol. The number of aromatic hydroxyl groups is 1. The molecule has 0 bridgehead atoms. The molecule has 0 saturated carbocycles. The normalized spacial score (nSPS) is 10.3. The summed E-state index contributed by atoms with van der Waals surface area (Å²) < 4.78 is 31.6. The van der Waals surface area contributed by atoms with Crippen LogP contribution in [-0.4, -0.2) is 28.5 Å². The maximum atomic E-state index is 11.4. The van der Waals surface area contributed by atoms with Gasteiger partial charge < -0.3 is 5.11 Å². The lowest BCUT2D eigenvalue weighted by molar-refractivity contribution is 0.0950. The van der Waals surface area contributed by atoms with E-state index in [1.807, 2.05) is 17.6 Å². The molecule has 0 unspecified atom stereocenters. The number of benzene rings is 1. The first-order valence-electron chi connectivity index (χ1n) is 6.33. The van der Waals surface area contributed by atoms with Crippen molar-refractivity contribution in [3.8, 4) is 5.75 Å². The Balaban J connectivity index is 0.000000763. The Kier molecular flexibility index (Phi) is 9.03. The zero-order valence-electron chi connectivity index (χ0n) is 11.9. The molecule has 0 atom stereocenters. The Morgan fingerprint density at radius 1 is 1.32 bits per heavy atom. The van der Waals surface area contributed by atoms with Crippen LogP contribution in [0.4, 0.5) is 0 Å². The van der Waals surface area contributed by atoms with Gasteiger partial charge in [-0.1, -0.05) is 18.2 Å². The average Bonchev–Trinajstić information content (AvgIpc) is 2.42. The summed E-state index contributed by atoms with van der Waals surface area (Å²) in [5, 5.41) is 9.91. The Labute approximate surface area is 129 Å². The van der Waals surface area contributed by atoms with Crippen molar-refractivity contribution in [2.24, 2.45) is 5.84 Å². The van der Waals surface area contributed by atoms with Crippen molar-refractivity contribution in [1.29, 1.82) is 0 Å². The van der Waals surface area contributed by atoms with E-state index in [9.17, 15) is 9.90 Å². The van der Waals surface area contributed by atoms with Crippen LogP contribution >= 0.6 is 0 Å². The minimum Gasteiger partial charge on any atom is -0.507 e. The number of carbonyl (C=O) groups excluding carboxylic acids is 1. The zero-order chi connectivity index (χ0) is 17.2. The van der Waals surface area contributed by atoms with E-state index in [1.54, 1.807) is 12.1 Å². The molecule has 0 aliphatic heterocycles. The van der Waals surface area contributed by atoms with Gasteiger partial charge in [-0.3, -0.25) is 19.3 Å². The van der Waals surface area contributed by atoms with E-state index in [-0.39, 0.29) is 11.3 Å². The van der Waals surface area contributed by atoms with E-state index < -0.39 is 16.3 Å². The highest BCUT2D eigenvalue weighted by Gasteiger charge is 2.12. The summed E-state index contributed by atoms with van der Waals surface area (Å²) in [7, 11) is -4.67. The standard InChI is InChI=1S/C13H18N2O2.H2O4S/c1-2-3-4-5-7-10-8-6-9-11(12(10)16)13(17)15-14;1-5(2,3)4/h2,6,8-9,16H,1,3-5,7,14H2,(H,15,17);(H2,1,2,3,4). The van der Waals surface area contributed by atoms with Crippen LogP contribution in [0.2, 0.25) is 0 Å². The summed E-state index contributed by atoms with van der Waals surface area (Å²) in [6.45, 7) is 3.65. The molecule has 9 heteroatoms. The highest BCUT2D eigenvalue weighted by molar-refractivity contribution is 7.79. The summed E-state index contributed by atoms with van der Waals surface area (Å²) in [6, 6.07) is 5.11. The van der Waals surface area contributed by atoms with Crippen LogP contribution in [0.1, 0.15) is 35.2 Å². The van der Waals surface area contributed by atoms with Gasteiger partial charge in [0, 0.05) is 0 Å². The van der Waals surface area contributed by atoms with Crippen molar-refractivity contribution in [3.63, 3.8) is 0 Å². The lowest BCUT2D eigenvalue weighted by Gasteiger charge is -2.08. The van der Waals surface area contributed by atoms with E-state index in [1.165, 1.54) is 0 Å². The number of hydrogen-bond donors (Lipinski definition) is 5. The quantitative estimate of drug-likeness (QED) is 0.131. The van der Waals surface area contributed by atoms with E-state index in [0.717, 1.165) is 31.2 Å². The van der Waals surface area contributed by atoms with E-state index >= 15 is 0 Å². The van der Waals surface area contributed by atoms with Crippen molar-refractivity contribution in [3.05, 3.63) is 42.0 Å². The van der Waals surface area contributed by atoms with Crippen LogP contribution in [0.25, 0.3) is 0 Å². The number of rotatable bonds is 6. The largest absolute Gasteiger partial charge is 0.507 e. The summed E-state index contributed by atoms with van der Waals surface area (Å²) in [5.41, 5.74) is 3.00. The van der Waals surface area contributed by atoms with Crippen LogP contribution in [0, 0.1) is 0 Å². The molecule has 22 heavy (non-hydrogen) atoms. The number of phenols is 1. The van der Waals surface area contributed by atoms with Gasteiger partial charge in [-0.25, -0.2) is 5.84 Å². The number of allylic oxidation sites excluding steroid dienone is 1. The molecule has 0 spiro atoms. The highest BCUT2D eigenvalue weighted by atomic mass is 32.3. The first kappa shape index (κ1) is 20.1. The summed E-state index contributed by atoms with van der Waals surface area (Å²) in [5.74, 6) is 4.59. The molecule has 1 rings (SSSR count). The SMILES string of the molecule is C=CCCCCc1cccc(C(=O)NN)c1O.O=S(=O)(O)O. The second kappa shape index (κ2) is 9.90. The Bertz CT molecular complexity index is 593. The van der Waals surface area contributed by atoms with E-state index in [2.05, 4.69) is 6.58 Å². The van der Waals surface area contributed by atoms with Gasteiger partial charge in [0.15, 0.2) is 0 Å². The maximum Gasteiger partial charge on any atom is 0.394 e. The van der Waals surface area contributed by atoms with Crippen molar-refractivity contribution >= 4 is 16.3 Å². The predicted octanol–water partition coefficient (Wildman–Crippen LogP) is 1.24. The minimum atomic E-state index is -4.67. The van der Waals surface area contributed by atoms with Crippen LogP contribution in [0.5, 0.6) is 5.75 Å². The molecule has 0 saturated heterocycles. The van der Waals surface area contributed by atoms with Gasteiger partial charge in [-0.2, -0.15) is 8.42 Å². The fourth-order valence-electron chi connectivity index (χ4n) is 1.66. The fraction of sp³-hybridized carbons (Fsp3) is 0.308. The van der Waals surface area contributed by atoms with Gasteiger partial charge >= 0.3 is 10.4 Å². The fourth-order valence-corrected chi connectivity index (χ4v) is 1.66. The number of aryl methyl sites for hydroxylation is 1. The molecule has 1 amide bonds. The summed E-state index contributed by atoms with van der Waals surface area (Å²) in [4.78, 5) is 11.4. The number of hydrazine groups is 1. The van der Waals surface area contributed by atoms with E-state index in [0.29, 0.717) is 0 Å². The van der Waals surface area contributed by atoms with Gasteiger partial charge in [0.25, 0.3) is 5.91 Å². The van der Waals surface area contributed by atoms with Crippen LogP contribution in [0.3, 0.4) is 0 Å². The molecule has 1 aromatic carbocycles. The van der Waals surface area contributed by atoms with Gasteiger partial charge in [-0.05, 0) is 37.3 Å². The molecular weight excluding hydrogens is 312 g/mol. The maximum absolute atomic E-state index is 11.4. The van der Waals surface area contributed by atoms with Crippen molar-refractivity contribution < 1.29 is 27.4 Å². The third kappa shape index (κ3) is 9.08. The van der Waals surface area contributed by atoms with Crippen LogP contribution < -0.4 is 11.3 Å². The molecule has 1 aromatic rings. The lowest BCUT2D eigenvalue weighted by Crippen LogP contribution is -2.30. The topological polar surface area (TPSA) is 150 Å². The molecule has 0 fully saturated rings. The number of amides is 1. The number of nitrogens with one attached hydrogen (secondary N) is 1. The van der Waals surface area contributed by atoms with Crippen molar-refractivity contribution in [2.75, 3.05) is 0 Å². The third-order valence-electron chi connectivity index (χ3n) is 2.60. The third-order valence-corrected chi connectivity index (χ3v) is 2.60. The number of nitrogen functional groups attached to an aromatic ring is 1. The van der Waals surface area contributed by atoms with Crippen LogP contribution in [0.15, 0.2) is 30.9 Å². The van der Waals surface area contributed by atoms with Gasteiger partial charge in [0.05, 0.1) is 5.56 Å². The molecule has 0 aliphatic carbocycles. The summed E-state index contributed by atoms with van der Waals surface area (Å²) in [6.07, 6.45) is 5.55. The second-order valence-electron chi connectivity index (χ2n) is 4.27. The first-order chi connectivity index (χ1) is 10.2. The molecular formula is C13H20N2O6S. The second-order valence-corrected chi connectivity index (χ2v) is 5.16. The smallest absolute Gasteiger partial charge is 0.394 e. The molecule has 0 radical (unpaired) electrons. The van der Waals surface area contributed by atoms with Gasteiger partial charge in [0.2, 0.25) is 0 Å². The number of para-hydroxylation sites is 1. The van der Waals surface area contributed by atoms with Crippen molar-refractivity contribution in [2.45, 2.75) is 25.7 Å².